The molecular formula is C6H6N2O2S. The van der Waals surface area contributed by atoms with Crippen molar-refractivity contribution in [3.63, 3.8) is 0 Å². The van der Waals surface area contributed by atoms with Gasteiger partial charge in [-0.05, 0) is 0 Å². The highest BCUT2D eigenvalue weighted by Gasteiger charge is 2.14. The highest BCUT2D eigenvalue weighted by molar-refractivity contribution is 7.96. The Labute approximate surface area is 64.9 Å². The Hall–Kier alpha value is -1.37. The lowest BCUT2D eigenvalue weighted by Crippen LogP contribution is -2.06. The lowest BCUT2D eigenvalue weighted by Gasteiger charge is -1.92. The molecule has 5 heteroatoms. The van der Waals surface area contributed by atoms with Gasteiger partial charge < -0.3 is 0 Å². The molecule has 0 heterocycles. The normalized spacial score (nSPS) is 9.36. The molecular weight excluding hydrogens is 164 g/mol. The van der Waals surface area contributed by atoms with Crippen LogP contribution in [0.15, 0.2) is 17.6 Å². The first-order valence-electron chi connectivity index (χ1n) is 2.62. The van der Waals surface area contributed by atoms with E-state index in [-0.39, 0.29) is 5.75 Å². The van der Waals surface area contributed by atoms with E-state index in [1.165, 1.54) is 6.07 Å². The first kappa shape index (κ1) is 9.63. The number of rotatable bonds is 3. The number of sulfone groups is 1. The summed E-state index contributed by atoms with van der Waals surface area (Å²) < 4.78 is 21.8. The molecule has 0 aliphatic rings. The Bertz CT molecular complexity index is 341. The van der Waals surface area contributed by atoms with E-state index < -0.39 is 14.7 Å². The van der Waals surface area contributed by atoms with Crippen LogP contribution < -0.4 is 0 Å². The molecule has 0 aromatic heterocycles. The maximum Gasteiger partial charge on any atom is 0.204 e. The Balaban J connectivity index is 5.03. The van der Waals surface area contributed by atoms with E-state index in [4.69, 9.17) is 10.7 Å². The molecule has 11 heavy (non-hydrogen) atoms. The fourth-order valence-electron chi connectivity index (χ4n) is 0.414. The smallest absolute Gasteiger partial charge is 0.204 e. The quantitative estimate of drug-likeness (QED) is 0.374. The molecule has 0 aromatic carbocycles. The average molecular weight is 170 g/mol. The number of hydrogen-bond acceptors (Lipinski definition) is 4. The molecule has 0 saturated heterocycles. The molecule has 0 atom stereocenters. The van der Waals surface area contributed by atoms with Gasteiger partial charge in [0.05, 0.1) is 5.75 Å². The van der Waals surface area contributed by atoms with Crippen LogP contribution in [-0.4, -0.2) is 20.0 Å². The average Bonchev–Trinajstić information content (AvgIpc) is 1.89. The van der Waals surface area contributed by atoms with Crippen LogP contribution >= 0.6 is 0 Å². The van der Waals surface area contributed by atoms with Crippen LogP contribution in [0, 0.1) is 16.7 Å². The van der Waals surface area contributed by atoms with E-state index in [1.807, 2.05) is 0 Å². The fourth-order valence-corrected chi connectivity index (χ4v) is 1.19. The van der Waals surface area contributed by atoms with E-state index in [9.17, 15) is 8.42 Å². The summed E-state index contributed by atoms with van der Waals surface area (Å²) in [6, 6.07) is 1.36. The molecule has 0 fully saturated rings. The Morgan fingerprint density at radius 1 is 1.73 bits per heavy atom. The predicted octanol–water partition coefficient (Wildman–Crippen LogP) is 0.243. The Morgan fingerprint density at radius 3 is 2.55 bits per heavy atom. The van der Waals surface area contributed by atoms with Crippen molar-refractivity contribution in [3.8, 4) is 6.07 Å². The second kappa shape index (κ2) is 3.71. The first-order chi connectivity index (χ1) is 5.08. The van der Waals surface area contributed by atoms with E-state index in [2.05, 4.69) is 6.58 Å². The summed E-state index contributed by atoms with van der Waals surface area (Å²) in [6.07, 6.45) is 1.16. The summed E-state index contributed by atoms with van der Waals surface area (Å²) in [4.78, 5) is -0.655. The Kier molecular flexibility index (Phi) is 3.25. The number of allylic oxidation sites excluding steroid dienone is 1. The van der Waals surface area contributed by atoms with Gasteiger partial charge in [-0.1, -0.05) is 6.08 Å². The maximum atomic E-state index is 10.9. The van der Waals surface area contributed by atoms with Crippen molar-refractivity contribution < 1.29 is 8.42 Å². The Morgan fingerprint density at radius 2 is 2.27 bits per heavy atom. The van der Waals surface area contributed by atoms with Crippen molar-refractivity contribution in [2.24, 2.45) is 0 Å². The molecule has 58 valence electrons. The molecule has 4 nitrogen and oxygen atoms in total. The van der Waals surface area contributed by atoms with Crippen LogP contribution in [0.3, 0.4) is 0 Å². The highest BCUT2D eigenvalue weighted by Crippen LogP contribution is 2.01. The molecule has 0 saturated carbocycles. The van der Waals surface area contributed by atoms with Crippen molar-refractivity contribution in [2.45, 2.75) is 0 Å². The zero-order chi connectivity index (χ0) is 8.91. The maximum absolute atomic E-state index is 10.9. The first-order valence-corrected chi connectivity index (χ1v) is 4.27. The molecule has 0 bridgehead atoms. The summed E-state index contributed by atoms with van der Waals surface area (Å²) in [5.74, 6) is 1.22. The molecule has 0 amide bonds. The molecule has 0 aliphatic heterocycles. The summed E-state index contributed by atoms with van der Waals surface area (Å²) in [5.41, 5.74) is 0. The van der Waals surface area contributed by atoms with Crippen LogP contribution in [0.5, 0.6) is 0 Å². The zero-order valence-corrected chi connectivity index (χ0v) is 6.48. The van der Waals surface area contributed by atoms with Crippen molar-refractivity contribution in [3.05, 3.63) is 17.6 Å². The largest absolute Gasteiger partial charge is 0.257 e. The van der Waals surface area contributed by atoms with E-state index in [1.54, 1.807) is 5.87 Å². The van der Waals surface area contributed by atoms with Gasteiger partial charge >= 0.3 is 0 Å². The minimum Gasteiger partial charge on any atom is -0.257 e. The van der Waals surface area contributed by atoms with Crippen molar-refractivity contribution in [1.29, 1.82) is 10.7 Å². The lowest BCUT2D eigenvalue weighted by molar-refractivity contribution is 0.606. The third-order valence-electron chi connectivity index (χ3n) is 0.863. The second-order valence-electron chi connectivity index (χ2n) is 1.64. The SMILES string of the molecule is C=CCS(=O)(=O)C(=C=N)C#N. The van der Waals surface area contributed by atoms with Gasteiger partial charge in [0, 0.05) is 5.87 Å². The number of nitrogens with one attached hydrogen (secondary N) is 1. The summed E-state index contributed by atoms with van der Waals surface area (Å²) in [6.45, 7) is 3.21. The molecule has 0 rings (SSSR count). The molecule has 0 spiro atoms. The predicted molar refractivity (Wildman–Crippen MR) is 40.8 cm³/mol. The topological polar surface area (TPSA) is 81.8 Å². The van der Waals surface area contributed by atoms with Crippen LogP contribution in [0.4, 0.5) is 0 Å². The minimum absolute atomic E-state index is 0.332. The third-order valence-corrected chi connectivity index (χ3v) is 2.35. The van der Waals surface area contributed by atoms with Gasteiger partial charge in [0.2, 0.25) is 14.7 Å². The van der Waals surface area contributed by atoms with Gasteiger partial charge in [0.1, 0.15) is 6.07 Å². The number of nitrogens with zero attached hydrogens (tertiary/aromatic N) is 1. The van der Waals surface area contributed by atoms with Crippen molar-refractivity contribution in [1.82, 2.24) is 0 Å². The van der Waals surface area contributed by atoms with Crippen molar-refractivity contribution in [2.75, 3.05) is 5.75 Å². The minimum atomic E-state index is -3.63. The second-order valence-corrected chi connectivity index (χ2v) is 3.61. The van der Waals surface area contributed by atoms with Gasteiger partial charge in [-0.25, -0.2) is 8.42 Å². The van der Waals surface area contributed by atoms with Gasteiger partial charge in [-0.3, -0.25) is 5.41 Å². The molecule has 0 radical (unpaired) electrons. The fraction of sp³-hybridized carbons (Fsp3) is 0.167. The van der Waals surface area contributed by atoms with E-state index in [0.29, 0.717) is 0 Å². The van der Waals surface area contributed by atoms with E-state index in [0.717, 1.165) is 6.08 Å². The monoisotopic (exact) mass is 170 g/mol. The number of nitriles is 1. The number of hydrogen-bond donors (Lipinski definition) is 1. The van der Waals surface area contributed by atoms with Gasteiger partial charge in [0.15, 0.2) is 0 Å². The molecule has 1 N–H and O–H groups in total. The highest BCUT2D eigenvalue weighted by atomic mass is 32.2. The molecule has 0 aliphatic carbocycles. The lowest BCUT2D eigenvalue weighted by atomic mass is 10.7. The van der Waals surface area contributed by atoms with Crippen molar-refractivity contribution >= 4 is 15.7 Å². The van der Waals surface area contributed by atoms with Crippen LogP contribution in [0.25, 0.3) is 0 Å². The zero-order valence-electron chi connectivity index (χ0n) is 5.66. The summed E-state index contributed by atoms with van der Waals surface area (Å²) in [7, 11) is -3.63. The summed E-state index contributed by atoms with van der Waals surface area (Å²) >= 11 is 0. The van der Waals surface area contributed by atoms with Crippen LogP contribution in [0.1, 0.15) is 0 Å². The van der Waals surface area contributed by atoms with Gasteiger partial charge in [0.25, 0.3) is 0 Å². The molecule has 0 aromatic rings. The summed E-state index contributed by atoms with van der Waals surface area (Å²) in [5, 5.41) is 14.7. The third kappa shape index (κ3) is 2.38. The molecule has 0 unspecified atom stereocenters. The van der Waals surface area contributed by atoms with Crippen LogP contribution in [0.2, 0.25) is 0 Å². The van der Waals surface area contributed by atoms with Gasteiger partial charge in [-0.2, -0.15) is 5.26 Å². The van der Waals surface area contributed by atoms with Crippen LogP contribution in [-0.2, 0) is 9.84 Å². The standard InChI is InChI=1S/C6H6N2O2S/c1-2-3-11(9,10)6(4-7)5-8/h2,7H,1,3H2. The van der Waals surface area contributed by atoms with Gasteiger partial charge in [-0.15, -0.1) is 6.58 Å². The van der Waals surface area contributed by atoms with E-state index >= 15 is 0 Å².